The molecule has 0 aliphatic carbocycles. The van der Waals surface area contributed by atoms with Crippen molar-refractivity contribution < 1.29 is 9.18 Å². The quantitative estimate of drug-likeness (QED) is 0.587. The van der Waals surface area contributed by atoms with Crippen molar-refractivity contribution in [1.29, 1.82) is 0 Å². The van der Waals surface area contributed by atoms with E-state index < -0.39 is 0 Å². The first kappa shape index (κ1) is 11.5. The van der Waals surface area contributed by atoms with E-state index in [1.165, 1.54) is 12.1 Å². The molecule has 2 rings (SSSR count). The van der Waals surface area contributed by atoms with Gasteiger partial charge in [0.05, 0.1) is 5.52 Å². The Labute approximate surface area is 98.5 Å². The molecule has 88 valence electrons. The van der Waals surface area contributed by atoms with Gasteiger partial charge >= 0.3 is 0 Å². The third kappa shape index (κ3) is 2.78. The van der Waals surface area contributed by atoms with Gasteiger partial charge in [-0.2, -0.15) is 5.10 Å². The minimum absolute atomic E-state index is 0.258. The Morgan fingerprint density at radius 3 is 3.12 bits per heavy atom. The van der Waals surface area contributed by atoms with Crippen LogP contribution in [0.3, 0.4) is 0 Å². The molecular weight excluding hydrogens is 219 g/mol. The smallest absolute Gasteiger partial charge is 0.145 e. The minimum atomic E-state index is -0.258. The van der Waals surface area contributed by atoms with E-state index in [1.807, 2.05) is 6.20 Å². The molecule has 0 atom stereocenters. The number of aldehydes is 1. The summed E-state index contributed by atoms with van der Waals surface area (Å²) < 4.78 is 14.7. The second-order valence-electron chi connectivity index (χ2n) is 3.97. The molecule has 4 heteroatoms. The molecule has 1 aromatic carbocycles. The van der Waals surface area contributed by atoms with E-state index in [4.69, 9.17) is 0 Å². The van der Waals surface area contributed by atoms with Gasteiger partial charge in [-0.1, -0.05) is 6.58 Å². The van der Waals surface area contributed by atoms with Gasteiger partial charge in [0.25, 0.3) is 0 Å². The van der Waals surface area contributed by atoms with Gasteiger partial charge in [-0.25, -0.2) is 4.39 Å². The molecule has 0 fully saturated rings. The molecule has 0 spiro atoms. The fourth-order valence-corrected chi connectivity index (χ4v) is 1.69. The lowest BCUT2D eigenvalue weighted by molar-refractivity contribution is -0.105. The predicted octanol–water partition coefficient (Wildman–Crippen LogP) is 2.71. The number of fused-ring (bicyclic) bond motifs is 1. The summed E-state index contributed by atoms with van der Waals surface area (Å²) >= 11 is 0. The molecule has 0 aliphatic heterocycles. The number of allylic oxidation sites excluding steroid dienone is 1. The fourth-order valence-electron chi connectivity index (χ4n) is 1.69. The Hall–Kier alpha value is -1.97. The molecule has 3 nitrogen and oxygen atoms in total. The zero-order valence-electron chi connectivity index (χ0n) is 9.40. The molecule has 0 radical (unpaired) electrons. The first-order valence-corrected chi connectivity index (χ1v) is 5.45. The van der Waals surface area contributed by atoms with E-state index in [9.17, 15) is 9.18 Å². The number of hydrogen-bond donors (Lipinski definition) is 0. The highest BCUT2D eigenvalue weighted by atomic mass is 19.1. The van der Waals surface area contributed by atoms with Crippen LogP contribution < -0.4 is 0 Å². The van der Waals surface area contributed by atoms with Crippen LogP contribution in [0.1, 0.15) is 12.8 Å². The molecule has 0 bridgehead atoms. The third-order valence-corrected chi connectivity index (χ3v) is 2.57. The van der Waals surface area contributed by atoms with E-state index in [2.05, 4.69) is 11.7 Å². The van der Waals surface area contributed by atoms with Crippen molar-refractivity contribution in [3.05, 3.63) is 42.4 Å². The monoisotopic (exact) mass is 232 g/mol. The van der Waals surface area contributed by atoms with Gasteiger partial charge in [0.2, 0.25) is 0 Å². The van der Waals surface area contributed by atoms with Crippen molar-refractivity contribution in [2.45, 2.75) is 19.4 Å². The zero-order valence-corrected chi connectivity index (χ0v) is 9.40. The second kappa shape index (κ2) is 4.91. The van der Waals surface area contributed by atoms with Crippen molar-refractivity contribution in [2.24, 2.45) is 0 Å². The maximum absolute atomic E-state index is 13.0. The standard InChI is InChI=1S/C13H13FN2O/c1-10(9-17)3-2-6-16-8-11-7-12(14)4-5-13(11)15-16/h4-5,7-9H,1-3,6H2. The van der Waals surface area contributed by atoms with Crippen LogP contribution in [0.2, 0.25) is 0 Å². The number of halogens is 1. The van der Waals surface area contributed by atoms with Gasteiger partial charge in [-0.05, 0) is 36.6 Å². The van der Waals surface area contributed by atoms with Crippen LogP contribution in [-0.4, -0.2) is 16.1 Å². The summed E-state index contributed by atoms with van der Waals surface area (Å²) in [6.07, 6.45) is 4.04. The highest BCUT2D eigenvalue weighted by molar-refractivity contribution is 5.77. The van der Waals surface area contributed by atoms with Crippen LogP contribution in [0.5, 0.6) is 0 Å². The summed E-state index contributed by atoms with van der Waals surface area (Å²) in [6, 6.07) is 4.52. The van der Waals surface area contributed by atoms with E-state index >= 15 is 0 Å². The SMILES string of the molecule is C=C(C=O)CCCn1cc2cc(F)ccc2n1. The number of benzene rings is 1. The number of carbonyl (C=O) groups excluding carboxylic acids is 1. The van der Waals surface area contributed by atoms with Gasteiger partial charge in [0.15, 0.2) is 0 Å². The molecule has 1 aromatic heterocycles. The van der Waals surface area contributed by atoms with Gasteiger partial charge in [0.1, 0.15) is 12.1 Å². The van der Waals surface area contributed by atoms with Crippen LogP contribution in [0, 0.1) is 5.82 Å². The summed E-state index contributed by atoms with van der Waals surface area (Å²) in [6.45, 7) is 4.31. The molecule has 17 heavy (non-hydrogen) atoms. The number of carbonyl (C=O) groups is 1. The van der Waals surface area contributed by atoms with Crippen LogP contribution >= 0.6 is 0 Å². The molecule has 1 heterocycles. The lowest BCUT2D eigenvalue weighted by Crippen LogP contribution is -1.98. The molecular formula is C13H13FN2O. The van der Waals surface area contributed by atoms with E-state index in [0.29, 0.717) is 18.5 Å². The predicted molar refractivity (Wildman–Crippen MR) is 64.1 cm³/mol. The summed E-state index contributed by atoms with van der Waals surface area (Å²) in [5, 5.41) is 5.10. The summed E-state index contributed by atoms with van der Waals surface area (Å²) in [5.74, 6) is -0.258. The average molecular weight is 232 g/mol. The average Bonchev–Trinajstić information content (AvgIpc) is 2.70. The minimum Gasteiger partial charge on any atom is -0.298 e. The summed E-state index contributed by atoms with van der Waals surface area (Å²) in [7, 11) is 0. The number of nitrogens with zero attached hydrogens (tertiary/aromatic N) is 2. The van der Waals surface area contributed by atoms with Crippen LogP contribution in [0.25, 0.3) is 10.9 Å². The second-order valence-corrected chi connectivity index (χ2v) is 3.97. The Kier molecular flexibility index (Phi) is 3.32. The van der Waals surface area contributed by atoms with Crippen molar-refractivity contribution in [1.82, 2.24) is 9.78 Å². The Morgan fingerprint density at radius 2 is 2.35 bits per heavy atom. The molecule has 2 aromatic rings. The molecule has 0 N–H and O–H groups in total. The number of aromatic nitrogens is 2. The Bertz CT molecular complexity index is 560. The highest BCUT2D eigenvalue weighted by Crippen LogP contribution is 2.14. The fraction of sp³-hybridized carbons (Fsp3) is 0.231. The molecule has 0 aliphatic rings. The van der Waals surface area contributed by atoms with Gasteiger partial charge in [-0.3, -0.25) is 9.48 Å². The van der Waals surface area contributed by atoms with Crippen molar-refractivity contribution in [3.8, 4) is 0 Å². The maximum Gasteiger partial charge on any atom is 0.145 e. The van der Waals surface area contributed by atoms with Gasteiger partial charge < -0.3 is 0 Å². The summed E-state index contributed by atoms with van der Waals surface area (Å²) in [5.41, 5.74) is 1.37. The van der Waals surface area contributed by atoms with Crippen LogP contribution in [0.15, 0.2) is 36.5 Å². The van der Waals surface area contributed by atoms with Crippen molar-refractivity contribution in [3.63, 3.8) is 0 Å². The maximum atomic E-state index is 13.0. The normalized spacial score (nSPS) is 10.6. The van der Waals surface area contributed by atoms with Crippen molar-refractivity contribution >= 4 is 17.2 Å². The molecule has 0 amide bonds. The number of rotatable bonds is 5. The molecule has 0 saturated carbocycles. The third-order valence-electron chi connectivity index (χ3n) is 2.57. The van der Waals surface area contributed by atoms with E-state index in [0.717, 1.165) is 23.6 Å². The van der Waals surface area contributed by atoms with E-state index in [-0.39, 0.29) is 5.82 Å². The Morgan fingerprint density at radius 1 is 1.53 bits per heavy atom. The molecule has 0 saturated heterocycles. The van der Waals surface area contributed by atoms with Gasteiger partial charge in [-0.15, -0.1) is 0 Å². The van der Waals surface area contributed by atoms with Gasteiger partial charge in [0, 0.05) is 18.1 Å². The number of aryl methyl sites for hydroxylation is 1. The lowest BCUT2D eigenvalue weighted by Gasteiger charge is -1.99. The molecule has 0 unspecified atom stereocenters. The first-order chi connectivity index (χ1) is 8.19. The van der Waals surface area contributed by atoms with Crippen LogP contribution in [-0.2, 0) is 11.3 Å². The van der Waals surface area contributed by atoms with E-state index in [1.54, 1.807) is 10.7 Å². The lowest BCUT2D eigenvalue weighted by atomic mass is 10.2. The largest absolute Gasteiger partial charge is 0.298 e. The van der Waals surface area contributed by atoms with Crippen LogP contribution in [0.4, 0.5) is 4.39 Å². The van der Waals surface area contributed by atoms with Crippen molar-refractivity contribution in [2.75, 3.05) is 0 Å². The summed E-state index contributed by atoms with van der Waals surface area (Å²) in [4.78, 5) is 10.4. The zero-order chi connectivity index (χ0) is 12.3. The topological polar surface area (TPSA) is 34.9 Å². The Balaban J connectivity index is 2.04. The number of hydrogen-bond acceptors (Lipinski definition) is 2. The highest BCUT2D eigenvalue weighted by Gasteiger charge is 2.02. The first-order valence-electron chi connectivity index (χ1n) is 5.45.